The lowest BCUT2D eigenvalue weighted by molar-refractivity contribution is -0.385. The zero-order chi connectivity index (χ0) is 32.7. The van der Waals surface area contributed by atoms with Crippen molar-refractivity contribution in [2.45, 2.75) is 76.4 Å². The smallest absolute Gasteiger partial charge is 0.273 e. The van der Waals surface area contributed by atoms with E-state index in [1.807, 2.05) is 38.1 Å². The summed E-state index contributed by atoms with van der Waals surface area (Å²) in [5, 5.41) is 14.8. The molecule has 0 unspecified atom stereocenters. The highest BCUT2D eigenvalue weighted by Gasteiger charge is 2.35. The van der Waals surface area contributed by atoms with Gasteiger partial charge in [0.1, 0.15) is 18.3 Å². The average Bonchev–Trinajstić information content (AvgIpc) is 3.53. The van der Waals surface area contributed by atoms with Gasteiger partial charge in [0.05, 0.1) is 22.6 Å². The third-order valence-corrected chi connectivity index (χ3v) is 10.1. The maximum atomic E-state index is 14.3. The Hall–Kier alpha value is -4.45. The maximum Gasteiger partial charge on any atom is 0.273 e. The molecule has 0 radical (unpaired) electrons. The van der Waals surface area contributed by atoms with Crippen LogP contribution in [0.1, 0.15) is 55.7 Å². The fourth-order valence-corrected chi connectivity index (χ4v) is 7.04. The number of nitrogens with one attached hydrogen (secondary N) is 1. The molecule has 1 atom stereocenters. The lowest BCUT2D eigenvalue weighted by Gasteiger charge is -2.34. The number of nitrogens with zero attached hydrogens (tertiary/aromatic N) is 3. The number of hydrogen-bond acceptors (Lipinski definition) is 7. The van der Waals surface area contributed by atoms with E-state index in [9.17, 15) is 28.1 Å². The van der Waals surface area contributed by atoms with Crippen LogP contribution in [0.2, 0.25) is 0 Å². The summed E-state index contributed by atoms with van der Waals surface area (Å²) in [6.07, 6.45) is 4.12. The van der Waals surface area contributed by atoms with Crippen LogP contribution in [0.5, 0.6) is 5.75 Å². The summed E-state index contributed by atoms with van der Waals surface area (Å²) >= 11 is 0. The van der Waals surface area contributed by atoms with E-state index in [4.69, 9.17) is 4.74 Å². The van der Waals surface area contributed by atoms with E-state index in [0.29, 0.717) is 17.7 Å². The second-order valence-electron chi connectivity index (χ2n) is 11.3. The third-order valence-electron chi connectivity index (χ3n) is 8.29. The van der Waals surface area contributed by atoms with Crippen molar-refractivity contribution in [2.75, 3.05) is 18.0 Å². The van der Waals surface area contributed by atoms with Crippen LogP contribution in [0.15, 0.2) is 71.6 Å². The number of aryl methyl sites for hydroxylation is 2. The van der Waals surface area contributed by atoms with Crippen molar-refractivity contribution in [3.63, 3.8) is 0 Å². The summed E-state index contributed by atoms with van der Waals surface area (Å²) in [7, 11) is -3.01. The van der Waals surface area contributed by atoms with Crippen LogP contribution >= 0.6 is 0 Å². The van der Waals surface area contributed by atoms with Gasteiger partial charge in [0, 0.05) is 24.2 Å². The van der Waals surface area contributed by atoms with Crippen LogP contribution in [0, 0.1) is 24.0 Å². The molecular weight excluding hydrogens is 596 g/mol. The molecule has 0 aliphatic heterocycles. The lowest BCUT2D eigenvalue weighted by atomic mass is 10.1. The largest absolute Gasteiger partial charge is 0.497 e. The van der Waals surface area contributed by atoms with Gasteiger partial charge in [-0.05, 0) is 74.6 Å². The Kier molecular flexibility index (Phi) is 10.8. The van der Waals surface area contributed by atoms with Gasteiger partial charge in [-0.2, -0.15) is 0 Å². The predicted octanol–water partition coefficient (Wildman–Crippen LogP) is 5.28. The van der Waals surface area contributed by atoms with Gasteiger partial charge in [0.2, 0.25) is 11.8 Å². The number of methoxy groups -OCH3 is 1. The first-order chi connectivity index (χ1) is 21.5. The van der Waals surface area contributed by atoms with Gasteiger partial charge in [-0.25, -0.2) is 8.42 Å². The zero-order valence-corrected chi connectivity index (χ0v) is 26.9. The second kappa shape index (κ2) is 14.6. The SMILES string of the molecule is CC[C@H](C(=O)NC1CCCC1)N(Cc1ccccc1C)C(=O)CN(c1ccc(OC)cc1)S(=O)(=O)c1ccc(C)c([N+](=O)[O-])c1. The van der Waals surface area contributed by atoms with E-state index in [2.05, 4.69) is 5.32 Å². The van der Waals surface area contributed by atoms with Crippen LogP contribution in [-0.2, 0) is 26.2 Å². The van der Waals surface area contributed by atoms with E-state index in [0.717, 1.165) is 47.2 Å². The molecule has 0 saturated heterocycles. The number of hydrogen-bond donors (Lipinski definition) is 1. The number of amides is 2. The molecule has 1 aliphatic carbocycles. The molecule has 1 N–H and O–H groups in total. The normalized spacial score (nSPS) is 14.0. The zero-order valence-electron chi connectivity index (χ0n) is 26.1. The molecule has 3 aromatic carbocycles. The Balaban J connectivity index is 1.77. The molecule has 1 aliphatic rings. The van der Waals surface area contributed by atoms with Gasteiger partial charge in [0.15, 0.2) is 0 Å². The molecule has 0 spiro atoms. The number of benzene rings is 3. The Morgan fingerprint density at radius 1 is 1.02 bits per heavy atom. The molecule has 1 saturated carbocycles. The Morgan fingerprint density at radius 2 is 1.69 bits per heavy atom. The number of nitro groups is 1. The number of carbonyl (C=O) groups excluding carboxylic acids is 2. The van der Waals surface area contributed by atoms with Crippen molar-refractivity contribution in [3.05, 3.63) is 93.5 Å². The second-order valence-corrected chi connectivity index (χ2v) is 13.1. The van der Waals surface area contributed by atoms with E-state index in [-0.39, 0.29) is 34.8 Å². The van der Waals surface area contributed by atoms with Gasteiger partial charge in [-0.15, -0.1) is 0 Å². The molecule has 45 heavy (non-hydrogen) atoms. The predicted molar refractivity (Wildman–Crippen MR) is 172 cm³/mol. The topological polar surface area (TPSA) is 139 Å². The van der Waals surface area contributed by atoms with Crippen molar-refractivity contribution in [1.82, 2.24) is 10.2 Å². The number of nitro benzene ring substituents is 1. The molecule has 0 heterocycles. The summed E-state index contributed by atoms with van der Waals surface area (Å²) in [6, 6.07) is 16.5. The fraction of sp³-hybridized carbons (Fsp3) is 0.394. The number of carbonyl (C=O) groups is 2. The first-order valence-electron chi connectivity index (χ1n) is 15.0. The molecule has 11 nitrogen and oxygen atoms in total. The van der Waals surface area contributed by atoms with Crippen molar-refractivity contribution in [1.29, 1.82) is 0 Å². The van der Waals surface area contributed by atoms with Crippen LogP contribution in [0.4, 0.5) is 11.4 Å². The van der Waals surface area contributed by atoms with Gasteiger partial charge < -0.3 is 15.0 Å². The maximum absolute atomic E-state index is 14.3. The Bertz CT molecular complexity index is 1640. The van der Waals surface area contributed by atoms with Crippen molar-refractivity contribution >= 4 is 33.2 Å². The monoisotopic (exact) mass is 636 g/mol. The first kappa shape index (κ1) is 33.4. The summed E-state index contributed by atoms with van der Waals surface area (Å²) in [4.78, 5) is 40.1. The van der Waals surface area contributed by atoms with Crippen LogP contribution < -0.4 is 14.4 Å². The van der Waals surface area contributed by atoms with E-state index < -0.39 is 33.4 Å². The van der Waals surface area contributed by atoms with Gasteiger partial charge in [-0.3, -0.25) is 24.0 Å². The minimum Gasteiger partial charge on any atom is -0.497 e. The van der Waals surface area contributed by atoms with Crippen LogP contribution in [-0.4, -0.2) is 55.8 Å². The molecule has 1 fully saturated rings. The quantitative estimate of drug-likeness (QED) is 0.199. The minimum absolute atomic E-state index is 0.0375. The highest BCUT2D eigenvalue weighted by Crippen LogP contribution is 2.30. The van der Waals surface area contributed by atoms with Gasteiger partial charge in [-0.1, -0.05) is 50.1 Å². The summed E-state index contributed by atoms with van der Waals surface area (Å²) in [6.45, 7) is 4.70. The Morgan fingerprint density at radius 3 is 2.29 bits per heavy atom. The number of anilines is 1. The summed E-state index contributed by atoms with van der Waals surface area (Å²) in [5.74, 6) is -0.392. The van der Waals surface area contributed by atoms with Crippen molar-refractivity contribution < 1.29 is 27.7 Å². The van der Waals surface area contributed by atoms with Gasteiger partial charge >= 0.3 is 0 Å². The minimum atomic E-state index is -4.49. The molecule has 4 rings (SSSR count). The molecule has 0 bridgehead atoms. The molecular formula is C33H40N4O7S. The van der Waals surface area contributed by atoms with Crippen LogP contribution in [0.3, 0.4) is 0 Å². The van der Waals surface area contributed by atoms with E-state index in [1.165, 1.54) is 43.2 Å². The molecule has 240 valence electrons. The lowest BCUT2D eigenvalue weighted by Crippen LogP contribution is -2.53. The standard InChI is InChI=1S/C33H40N4O7S/c1-5-30(33(39)34-26-12-8-9-13-26)35(21-25-11-7-6-10-23(25)2)32(38)22-36(27-15-17-28(44-4)18-16-27)45(42,43)29-19-14-24(3)31(20-29)37(40)41/h6-7,10-11,14-20,26,30H,5,8-9,12-13,21-22H2,1-4H3,(H,34,39)/t30-/m1/s1. The number of rotatable bonds is 13. The molecule has 12 heteroatoms. The number of ether oxygens (including phenoxy) is 1. The third kappa shape index (κ3) is 7.80. The molecule has 0 aromatic heterocycles. The Labute approximate surface area is 264 Å². The highest BCUT2D eigenvalue weighted by molar-refractivity contribution is 7.92. The van der Waals surface area contributed by atoms with E-state index in [1.54, 1.807) is 12.1 Å². The van der Waals surface area contributed by atoms with Crippen LogP contribution in [0.25, 0.3) is 0 Å². The number of sulfonamides is 1. The molecule has 3 aromatic rings. The highest BCUT2D eigenvalue weighted by atomic mass is 32.2. The fourth-order valence-electron chi connectivity index (χ4n) is 5.61. The molecule has 2 amide bonds. The van der Waals surface area contributed by atoms with Crippen molar-refractivity contribution in [3.8, 4) is 5.75 Å². The first-order valence-corrected chi connectivity index (χ1v) is 16.5. The average molecular weight is 637 g/mol. The van der Waals surface area contributed by atoms with Crippen molar-refractivity contribution in [2.24, 2.45) is 0 Å². The summed E-state index contributed by atoms with van der Waals surface area (Å²) in [5.41, 5.74) is 1.85. The summed E-state index contributed by atoms with van der Waals surface area (Å²) < 4.78 is 34.5. The van der Waals surface area contributed by atoms with E-state index >= 15 is 0 Å². The van der Waals surface area contributed by atoms with Gasteiger partial charge in [0.25, 0.3) is 15.7 Å².